The molecule has 1 heterocycles. The number of hydrogen-bond donors (Lipinski definition) is 2. The summed E-state index contributed by atoms with van der Waals surface area (Å²) in [7, 11) is 4.35. The first-order chi connectivity index (χ1) is 10.8. The molecule has 130 valence electrons. The molecule has 1 saturated heterocycles. The van der Waals surface area contributed by atoms with Gasteiger partial charge in [0.05, 0.1) is 5.60 Å². The third kappa shape index (κ3) is 6.60. The SMILES string of the molecule is CN(C)C1CCN(Cc2ccc(CNCCC(C)(C)O)cc2)C1. The molecule has 0 aromatic heterocycles. The second-order valence-electron chi connectivity index (χ2n) is 7.70. The summed E-state index contributed by atoms with van der Waals surface area (Å²) in [6.07, 6.45) is 2.04. The highest BCUT2D eigenvalue weighted by atomic mass is 16.3. The van der Waals surface area contributed by atoms with E-state index in [0.29, 0.717) is 6.04 Å². The van der Waals surface area contributed by atoms with Crippen molar-refractivity contribution in [3.63, 3.8) is 0 Å². The van der Waals surface area contributed by atoms with Crippen molar-refractivity contribution in [3.05, 3.63) is 35.4 Å². The molecule has 1 fully saturated rings. The molecular weight excluding hydrogens is 286 g/mol. The van der Waals surface area contributed by atoms with E-state index in [0.717, 1.165) is 26.1 Å². The Hall–Kier alpha value is -0.940. The van der Waals surface area contributed by atoms with E-state index in [4.69, 9.17) is 0 Å². The molecule has 1 aromatic carbocycles. The van der Waals surface area contributed by atoms with Gasteiger partial charge < -0.3 is 15.3 Å². The van der Waals surface area contributed by atoms with E-state index in [9.17, 15) is 5.11 Å². The van der Waals surface area contributed by atoms with E-state index >= 15 is 0 Å². The van der Waals surface area contributed by atoms with Crippen LogP contribution in [0.4, 0.5) is 0 Å². The average Bonchev–Trinajstić information content (AvgIpc) is 2.93. The van der Waals surface area contributed by atoms with E-state index in [1.807, 2.05) is 13.8 Å². The van der Waals surface area contributed by atoms with E-state index in [1.165, 1.54) is 30.6 Å². The number of benzene rings is 1. The molecule has 1 aliphatic heterocycles. The molecule has 4 nitrogen and oxygen atoms in total. The first-order valence-electron chi connectivity index (χ1n) is 8.73. The number of nitrogens with one attached hydrogen (secondary N) is 1. The fourth-order valence-corrected chi connectivity index (χ4v) is 3.03. The number of nitrogens with zero attached hydrogens (tertiary/aromatic N) is 2. The van der Waals surface area contributed by atoms with Crippen LogP contribution in [-0.2, 0) is 13.1 Å². The number of likely N-dealkylation sites (tertiary alicyclic amines) is 1. The van der Waals surface area contributed by atoms with Crippen molar-refractivity contribution in [3.8, 4) is 0 Å². The maximum atomic E-state index is 9.69. The molecule has 2 N–H and O–H groups in total. The van der Waals surface area contributed by atoms with Gasteiger partial charge in [-0.25, -0.2) is 0 Å². The zero-order valence-electron chi connectivity index (χ0n) is 15.2. The minimum Gasteiger partial charge on any atom is -0.390 e. The Bertz CT molecular complexity index is 464. The summed E-state index contributed by atoms with van der Waals surface area (Å²) in [6.45, 7) is 8.83. The highest BCUT2D eigenvalue weighted by molar-refractivity contribution is 5.22. The molecule has 1 aromatic rings. The summed E-state index contributed by atoms with van der Waals surface area (Å²) >= 11 is 0. The summed E-state index contributed by atoms with van der Waals surface area (Å²) in [5, 5.41) is 13.1. The van der Waals surface area contributed by atoms with Crippen LogP contribution < -0.4 is 5.32 Å². The smallest absolute Gasteiger partial charge is 0.0603 e. The second-order valence-corrected chi connectivity index (χ2v) is 7.70. The van der Waals surface area contributed by atoms with Crippen molar-refractivity contribution < 1.29 is 5.11 Å². The van der Waals surface area contributed by atoms with Crippen LogP contribution in [0.5, 0.6) is 0 Å². The van der Waals surface area contributed by atoms with E-state index in [2.05, 4.69) is 53.5 Å². The standard InChI is InChI=1S/C19H33N3O/c1-19(2,23)10-11-20-13-16-5-7-17(8-6-16)14-22-12-9-18(15-22)21(3)4/h5-8,18,20,23H,9-15H2,1-4H3. The van der Waals surface area contributed by atoms with Gasteiger partial charge in [0.2, 0.25) is 0 Å². The fraction of sp³-hybridized carbons (Fsp3) is 0.684. The summed E-state index contributed by atoms with van der Waals surface area (Å²) in [5.74, 6) is 0. The lowest BCUT2D eigenvalue weighted by atomic mass is 10.1. The van der Waals surface area contributed by atoms with E-state index in [1.54, 1.807) is 0 Å². The molecule has 1 atom stereocenters. The van der Waals surface area contributed by atoms with Gasteiger partial charge in [-0.15, -0.1) is 0 Å². The molecule has 1 unspecified atom stereocenters. The van der Waals surface area contributed by atoms with Crippen molar-refractivity contribution in [2.24, 2.45) is 0 Å². The highest BCUT2D eigenvalue weighted by Gasteiger charge is 2.23. The van der Waals surface area contributed by atoms with Crippen LogP contribution in [0, 0.1) is 0 Å². The minimum absolute atomic E-state index is 0.586. The van der Waals surface area contributed by atoms with Crippen LogP contribution in [0.15, 0.2) is 24.3 Å². The van der Waals surface area contributed by atoms with Crippen molar-refractivity contribution in [1.82, 2.24) is 15.1 Å². The minimum atomic E-state index is -0.586. The van der Waals surface area contributed by atoms with Crippen LogP contribution in [0.1, 0.15) is 37.8 Å². The highest BCUT2D eigenvalue weighted by Crippen LogP contribution is 2.16. The van der Waals surface area contributed by atoms with Crippen molar-refractivity contribution in [1.29, 1.82) is 0 Å². The van der Waals surface area contributed by atoms with Crippen molar-refractivity contribution in [2.45, 2.75) is 51.4 Å². The van der Waals surface area contributed by atoms with Crippen LogP contribution in [0.2, 0.25) is 0 Å². The summed E-state index contributed by atoms with van der Waals surface area (Å²) in [4.78, 5) is 4.88. The number of rotatable bonds is 8. The van der Waals surface area contributed by atoms with Gasteiger partial charge in [0.15, 0.2) is 0 Å². The van der Waals surface area contributed by atoms with Gasteiger partial charge in [-0.1, -0.05) is 24.3 Å². The largest absolute Gasteiger partial charge is 0.390 e. The summed E-state index contributed by atoms with van der Waals surface area (Å²) < 4.78 is 0. The lowest BCUT2D eigenvalue weighted by Crippen LogP contribution is -2.31. The lowest BCUT2D eigenvalue weighted by Gasteiger charge is -2.20. The van der Waals surface area contributed by atoms with Gasteiger partial charge in [-0.05, 0) is 58.5 Å². The number of hydrogen-bond acceptors (Lipinski definition) is 4. The quantitative estimate of drug-likeness (QED) is 0.720. The Morgan fingerprint density at radius 1 is 1.22 bits per heavy atom. The zero-order chi connectivity index (χ0) is 16.9. The van der Waals surface area contributed by atoms with Crippen LogP contribution >= 0.6 is 0 Å². The molecule has 2 rings (SSSR count). The molecule has 0 amide bonds. The molecule has 23 heavy (non-hydrogen) atoms. The molecule has 1 aliphatic rings. The topological polar surface area (TPSA) is 38.7 Å². The lowest BCUT2D eigenvalue weighted by molar-refractivity contribution is 0.0711. The van der Waals surface area contributed by atoms with Crippen LogP contribution in [-0.4, -0.2) is 60.3 Å². The van der Waals surface area contributed by atoms with Gasteiger partial charge in [-0.3, -0.25) is 4.90 Å². The van der Waals surface area contributed by atoms with Crippen molar-refractivity contribution in [2.75, 3.05) is 33.7 Å². The van der Waals surface area contributed by atoms with E-state index < -0.39 is 5.60 Å². The third-order valence-electron chi connectivity index (χ3n) is 4.65. The zero-order valence-corrected chi connectivity index (χ0v) is 15.2. The van der Waals surface area contributed by atoms with Gasteiger partial charge >= 0.3 is 0 Å². The Labute approximate surface area is 141 Å². The Balaban J connectivity index is 1.72. The van der Waals surface area contributed by atoms with E-state index in [-0.39, 0.29) is 0 Å². The molecule has 0 aliphatic carbocycles. The number of aliphatic hydroxyl groups is 1. The average molecular weight is 319 g/mol. The first kappa shape index (κ1) is 18.4. The van der Waals surface area contributed by atoms with Gasteiger partial charge in [0.1, 0.15) is 0 Å². The van der Waals surface area contributed by atoms with Gasteiger partial charge in [0.25, 0.3) is 0 Å². The Morgan fingerprint density at radius 3 is 2.43 bits per heavy atom. The summed E-state index contributed by atoms with van der Waals surface area (Å²) in [5.41, 5.74) is 2.11. The maximum absolute atomic E-state index is 9.69. The van der Waals surface area contributed by atoms with Crippen molar-refractivity contribution >= 4 is 0 Å². The van der Waals surface area contributed by atoms with Gasteiger partial charge in [-0.2, -0.15) is 0 Å². The fourth-order valence-electron chi connectivity index (χ4n) is 3.03. The molecule has 0 bridgehead atoms. The second kappa shape index (κ2) is 8.25. The molecule has 0 radical (unpaired) electrons. The Kier molecular flexibility index (Phi) is 6.60. The predicted molar refractivity (Wildman–Crippen MR) is 96.4 cm³/mol. The molecule has 0 spiro atoms. The Morgan fingerprint density at radius 2 is 1.87 bits per heavy atom. The molecular formula is C19H33N3O. The normalized spacial score (nSPS) is 19.7. The monoisotopic (exact) mass is 319 g/mol. The third-order valence-corrected chi connectivity index (χ3v) is 4.65. The molecule has 0 saturated carbocycles. The van der Waals surface area contributed by atoms with Crippen LogP contribution in [0.3, 0.4) is 0 Å². The van der Waals surface area contributed by atoms with Crippen LogP contribution in [0.25, 0.3) is 0 Å². The molecule has 4 heteroatoms. The summed E-state index contributed by atoms with van der Waals surface area (Å²) in [6, 6.07) is 9.62. The van der Waals surface area contributed by atoms with Gasteiger partial charge in [0, 0.05) is 32.2 Å². The maximum Gasteiger partial charge on any atom is 0.0603 e. The predicted octanol–water partition coefficient (Wildman–Crippen LogP) is 2.07. The first-order valence-corrected chi connectivity index (χ1v) is 8.73. The number of likely N-dealkylation sites (N-methyl/N-ethyl adjacent to an activating group) is 1.